The van der Waals surface area contributed by atoms with Crippen LogP contribution in [0.2, 0.25) is 0 Å². The second-order valence-electron chi connectivity index (χ2n) is 10.1. The maximum Gasteiger partial charge on any atom is 0.343 e. The van der Waals surface area contributed by atoms with Gasteiger partial charge in [0.2, 0.25) is 0 Å². The molecule has 2 aromatic rings. The molecule has 2 atom stereocenters. The number of rotatable bonds is 10. The number of nitrogens with zero attached hydrogens (tertiary/aromatic N) is 2. The fraction of sp³-hybridized carbons (Fsp3) is 0.483. The van der Waals surface area contributed by atoms with Crippen LogP contribution in [0.1, 0.15) is 57.3 Å². The number of esters is 1. The molecule has 0 amide bonds. The Morgan fingerprint density at radius 2 is 1.85 bits per heavy atom. The second-order valence-corrected chi connectivity index (χ2v) is 10.1. The normalized spacial score (nSPS) is 17.3. The molecule has 1 aliphatic rings. The van der Waals surface area contributed by atoms with Crippen LogP contribution in [0.4, 0.5) is 5.69 Å². The Hall–Kier alpha value is -2.63. The summed E-state index contributed by atoms with van der Waals surface area (Å²) >= 11 is 0. The molecule has 5 heteroatoms. The Morgan fingerprint density at radius 3 is 2.50 bits per heavy atom. The Balaban J connectivity index is 1.70. The molecule has 1 unspecified atom stereocenters. The molecular weight excluding hydrogens is 422 g/mol. The number of nitrogens with two attached hydrogens (primary N) is 1. The minimum atomic E-state index is -0.338. The van der Waals surface area contributed by atoms with Gasteiger partial charge in [0.1, 0.15) is 5.75 Å². The van der Waals surface area contributed by atoms with Crippen molar-refractivity contribution in [2.75, 3.05) is 31.1 Å². The summed E-state index contributed by atoms with van der Waals surface area (Å²) in [7, 11) is 0. The van der Waals surface area contributed by atoms with Crippen LogP contribution in [0, 0.1) is 5.92 Å². The van der Waals surface area contributed by atoms with E-state index < -0.39 is 0 Å². The van der Waals surface area contributed by atoms with Gasteiger partial charge >= 0.3 is 5.97 Å². The highest BCUT2D eigenvalue weighted by Crippen LogP contribution is 2.26. The largest absolute Gasteiger partial charge is 0.423 e. The third kappa shape index (κ3) is 8.00. The summed E-state index contributed by atoms with van der Waals surface area (Å²) in [5.41, 5.74) is 9.44. The maximum atomic E-state index is 12.4. The van der Waals surface area contributed by atoms with Gasteiger partial charge in [0.05, 0.1) is 5.56 Å². The maximum absolute atomic E-state index is 12.4. The molecule has 34 heavy (non-hydrogen) atoms. The number of likely N-dealkylation sites (tertiary alicyclic amines) is 1. The van der Waals surface area contributed by atoms with Crippen molar-refractivity contribution < 1.29 is 9.53 Å². The Kier molecular flexibility index (Phi) is 9.73. The van der Waals surface area contributed by atoms with Crippen LogP contribution < -0.4 is 15.4 Å². The van der Waals surface area contributed by atoms with Gasteiger partial charge in [-0.1, -0.05) is 43.7 Å². The zero-order valence-corrected chi connectivity index (χ0v) is 21.2. The minimum absolute atomic E-state index is 0.226. The molecule has 1 aliphatic heterocycles. The van der Waals surface area contributed by atoms with Gasteiger partial charge in [0.25, 0.3) is 0 Å². The van der Waals surface area contributed by atoms with Crippen molar-refractivity contribution >= 4 is 11.7 Å². The van der Waals surface area contributed by atoms with Crippen molar-refractivity contribution in [3.63, 3.8) is 0 Å². The first-order valence-electron chi connectivity index (χ1n) is 12.6. The lowest BCUT2D eigenvalue weighted by Crippen LogP contribution is -2.51. The summed E-state index contributed by atoms with van der Waals surface area (Å²) in [4.78, 5) is 17.4. The lowest BCUT2D eigenvalue weighted by molar-refractivity contribution is 0.0734. The number of hydrogen-bond donors (Lipinski definition) is 1. The first kappa shape index (κ1) is 26.0. The molecule has 0 aromatic heterocycles. The van der Waals surface area contributed by atoms with Crippen LogP contribution in [-0.2, 0) is 0 Å². The van der Waals surface area contributed by atoms with Crippen LogP contribution >= 0.6 is 0 Å². The first-order chi connectivity index (χ1) is 16.3. The van der Waals surface area contributed by atoms with Gasteiger partial charge in [-0.15, -0.1) is 0 Å². The second kappa shape index (κ2) is 12.7. The highest BCUT2D eigenvalue weighted by molar-refractivity contribution is 5.91. The van der Waals surface area contributed by atoms with Gasteiger partial charge in [-0.05, 0) is 82.0 Å². The quantitative estimate of drug-likeness (QED) is 0.286. The summed E-state index contributed by atoms with van der Waals surface area (Å²) in [5.74, 6) is 0.847. The molecule has 1 saturated heterocycles. The molecule has 0 bridgehead atoms. The fourth-order valence-electron chi connectivity index (χ4n) is 4.66. The van der Waals surface area contributed by atoms with Gasteiger partial charge in [0.15, 0.2) is 0 Å². The van der Waals surface area contributed by atoms with Crippen LogP contribution in [0.5, 0.6) is 5.75 Å². The van der Waals surface area contributed by atoms with Crippen LogP contribution in [0.25, 0.3) is 0 Å². The number of allylic oxidation sites excluding steroid dienone is 1. The third-order valence-electron chi connectivity index (χ3n) is 6.27. The summed E-state index contributed by atoms with van der Waals surface area (Å²) in [6.45, 7) is 12.7. The molecule has 0 spiro atoms. The Bertz CT molecular complexity index is 920. The highest BCUT2D eigenvalue weighted by atomic mass is 16.5. The van der Waals surface area contributed by atoms with Crippen molar-refractivity contribution in [2.45, 2.75) is 59.0 Å². The van der Waals surface area contributed by atoms with Crippen molar-refractivity contribution in [3.8, 4) is 5.75 Å². The van der Waals surface area contributed by atoms with E-state index in [9.17, 15) is 4.79 Å². The van der Waals surface area contributed by atoms with Crippen LogP contribution in [-0.4, -0.2) is 49.1 Å². The van der Waals surface area contributed by atoms with E-state index in [0.29, 0.717) is 23.3 Å². The topological polar surface area (TPSA) is 58.8 Å². The van der Waals surface area contributed by atoms with Gasteiger partial charge in [-0.25, -0.2) is 4.79 Å². The lowest BCUT2D eigenvalue weighted by atomic mass is 10.00. The molecule has 3 rings (SSSR count). The molecule has 184 valence electrons. The molecule has 1 fully saturated rings. The summed E-state index contributed by atoms with van der Waals surface area (Å²) in [6.07, 6.45) is 5.69. The van der Waals surface area contributed by atoms with Gasteiger partial charge in [-0.3, -0.25) is 4.90 Å². The average molecular weight is 464 g/mol. The Labute approximate surface area is 205 Å². The van der Waals surface area contributed by atoms with E-state index in [4.69, 9.17) is 10.5 Å². The van der Waals surface area contributed by atoms with Crippen molar-refractivity contribution in [3.05, 3.63) is 71.8 Å². The number of carbonyl (C=O) groups excluding carboxylic acids is 1. The molecule has 0 saturated carbocycles. The standard InChI is InChI=1S/C29H41N3O2/c1-22(2)16-18-32(27-11-8-17-31(21-27)20-25(30)19-23(3)4)26-12-14-28(15-13-26)34-29(33)24-9-6-5-7-10-24/h5-7,9-10,12-16,23,25,27H,8,11,17-21,30H2,1-4H3/t25?,27-/m0/s1. The number of ether oxygens (including phenoxy) is 1. The Morgan fingerprint density at radius 1 is 1.15 bits per heavy atom. The average Bonchev–Trinajstić information content (AvgIpc) is 2.80. The van der Waals surface area contributed by atoms with E-state index in [2.05, 4.69) is 55.7 Å². The third-order valence-corrected chi connectivity index (χ3v) is 6.27. The predicted molar refractivity (Wildman–Crippen MR) is 142 cm³/mol. The highest BCUT2D eigenvalue weighted by Gasteiger charge is 2.26. The van der Waals surface area contributed by atoms with E-state index in [1.54, 1.807) is 12.1 Å². The fourth-order valence-corrected chi connectivity index (χ4v) is 4.66. The number of benzene rings is 2. The first-order valence-corrected chi connectivity index (χ1v) is 12.6. The zero-order chi connectivity index (χ0) is 24.5. The predicted octanol–water partition coefficient (Wildman–Crippen LogP) is 5.52. The molecule has 2 N–H and O–H groups in total. The smallest absolute Gasteiger partial charge is 0.343 e. The summed E-state index contributed by atoms with van der Waals surface area (Å²) in [5, 5.41) is 0. The van der Waals surface area contributed by atoms with Crippen molar-refractivity contribution in [1.29, 1.82) is 0 Å². The van der Waals surface area contributed by atoms with E-state index in [1.807, 2.05) is 30.3 Å². The van der Waals surface area contributed by atoms with Gasteiger partial charge in [-0.2, -0.15) is 0 Å². The summed E-state index contributed by atoms with van der Waals surface area (Å²) < 4.78 is 5.58. The number of piperidine rings is 1. The molecule has 0 radical (unpaired) electrons. The van der Waals surface area contributed by atoms with E-state index >= 15 is 0 Å². The molecular formula is C29H41N3O2. The molecule has 5 nitrogen and oxygen atoms in total. The monoisotopic (exact) mass is 463 g/mol. The van der Waals surface area contributed by atoms with E-state index in [0.717, 1.165) is 44.7 Å². The van der Waals surface area contributed by atoms with Crippen LogP contribution in [0.3, 0.4) is 0 Å². The zero-order valence-electron chi connectivity index (χ0n) is 21.2. The summed E-state index contributed by atoms with van der Waals surface area (Å²) in [6, 6.07) is 17.7. The molecule has 2 aromatic carbocycles. The number of carbonyl (C=O) groups is 1. The molecule has 1 heterocycles. The lowest BCUT2D eigenvalue weighted by Gasteiger charge is -2.41. The van der Waals surface area contributed by atoms with E-state index in [-0.39, 0.29) is 12.0 Å². The van der Waals surface area contributed by atoms with Gasteiger partial charge < -0.3 is 15.4 Å². The SMILES string of the molecule is CC(C)=CCN(c1ccc(OC(=O)c2ccccc2)cc1)[C@H]1CCCN(CC(N)CC(C)C)C1. The van der Waals surface area contributed by atoms with Crippen molar-refractivity contribution in [1.82, 2.24) is 4.90 Å². The van der Waals surface area contributed by atoms with Crippen molar-refractivity contribution in [2.24, 2.45) is 11.7 Å². The van der Waals surface area contributed by atoms with Gasteiger partial charge in [0, 0.05) is 37.4 Å². The molecule has 0 aliphatic carbocycles. The minimum Gasteiger partial charge on any atom is -0.423 e. The number of anilines is 1. The number of hydrogen-bond acceptors (Lipinski definition) is 5. The van der Waals surface area contributed by atoms with Crippen LogP contribution in [0.15, 0.2) is 66.2 Å². The van der Waals surface area contributed by atoms with E-state index in [1.165, 1.54) is 12.0 Å².